The van der Waals surface area contributed by atoms with Crippen LogP contribution in [0.4, 0.5) is 21.5 Å². The van der Waals surface area contributed by atoms with Crippen LogP contribution in [-0.4, -0.2) is 4.98 Å². The third kappa shape index (κ3) is 2.20. The molecule has 3 nitrogen and oxygen atoms in total. The summed E-state index contributed by atoms with van der Waals surface area (Å²) < 4.78 is 13.2. The molecule has 1 aromatic heterocycles. The Labute approximate surface area is 109 Å². The van der Waals surface area contributed by atoms with E-state index in [9.17, 15) is 4.39 Å². The molecule has 0 fully saturated rings. The van der Waals surface area contributed by atoms with Gasteiger partial charge in [0, 0.05) is 40.2 Å². The number of nitrogens with one attached hydrogen (secondary N) is 1. The molecule has 0 radical (unpaired) electrons. The zero-order valence-electron chi connectivity index (χ0n) is 10.1. The molecule has 1 heterocycles. The number of pyridine rings is 1. The predicted octanol–water partition coefficient (Wildman–Crippen LogP) is 3.70. The number of anilines is 3. The Morgan fingerprint density at radius 1 is 1.05 bits per heavy atom. The van der Waals surface area contributed by atoms with Gasteiger partial charge < -0.3 is 11.1 Å². The number of halogens is 1. The Kier molecular flexibility index (Phi) is 2.76. The van der Waals surface area contributed by atoms with Crippen LogP contribution in [-0.2, 0) is 0 Å². The van der Waals surface area contributed by atoms with Crippen LogP contribution in [0.3, 0.4) is 0 Å². The lowest BCUT2D eigenvalue weighted by molar-refractivity contribution is 0.628. The summed E-state index contributed by atoms with van der Waals surface area (Å²) in [5.74, 6) is -0.272. The number of hydrogen-bond acceptors (Lipinski definition) is 3. The van der Waals surface area contributed by atoms with Gasteiger partial charge >= 0.3 is 0 Å². The quantitative estimate of drug-likeness (QED) is 0.685. The first-order valence-electron chi connectivity index (χ1n) is 5.89. The Balaban J connectivity index is 2.09. The fraction of sp³-hybridized carbons (Fsp3) is 0. The molecule has 0 unspecified atom stereocenters. The minimum absolute atomic E-state index is 0.272. The van der Waals surface area contributed by atoms with Gasteiger partial charge in [0.25, 0.3) is 0 Å². The molecule has 0 aliphatic rings. The van der Waals surface area contributed by atoms with E-state index in [4.69, 9.17) is 5.73 Å². The predicted molar refractivity (Wildman–Crippen MR) is 75.8 cm³/mol. The molecule has 4 heteroatoms. The van der Waals surface area contributed by atoms with Crippen molar-refractivity contribution in [3.05, 3.63) is 60.7 Å². The van der Waals surface area contributed by atoms with Gasteiger partial charge in [-0.1, -0.05) is 6.07 Å². The van der Waals surface area contributed by atoms with E-state index in [1.165, 1.54) is 12.1 Å². The summed E-state index contributed by atoms with van der Waals surface area (Å²) in [6, 6.07) is 11.9. The highest BCUT2D eigenvalue weighted by molar-refractivity contribution is 6.01. The smallest absolute Gasteiger partial charge is 0.125 e. The number of nitrogens with two attached hydrogens (primary N) is 1. The Bertz CT molecular complexity index is 740. The fourth-order valence-electron chi connectivity index (χ4n) is 2.04. The first-order chi connectivity index (χ1) is 9.24. The first-order valence-corrected chi connectivity index (χ1v) is 5.89. The van der Waals surface area contributed by atoms with Gasteiger partial charge in [-0.05, 0) is 36.4 Å². The maximum atomic E-state index is 13.2. The highest BCUT2D eigenvalue weighted by atomic mass is 19.1. The average Bonchev–Trinajstić information content (AvgIpc) is 2.42. The number of nitrogen functional groups attached to an aromatic ring is 1. The van der Waals surface area contributed by atoms with Gasteiger partial charge in [-0.25, -0.2) is 4.39 Å². The van der Waals surface area contributed by atoms with Gasteiger partial charge in [0.05, 0.1) is 0 Å². The molecular formula is C15H12FN3. The van der Waals surface area contributed by atoms with Crippen LogP contribution in [0, 0.1) is 5.82 Å². The Hall–Kier alpha value is -2.62. The van der Waals surface area contributed by atoms with Gasteiger partial charge in [0.1, 0.15) is 5.82 Å². The second-order valence-electron chi connectivity index (χ2n) is 4.26. The molecule has 3 N–H and O–H groups in total. The van der Waals surface area contributed by atoms with Gasteiger partial charge in [0.2, 0.25) is 0 Å². The van der Waals surface area contributed by atoms with Crippen LogP contribution >= 0.6 is 0 Å². The molecule has 0 bridgehead atoms. The summed E-state index contributed by atoms with van der Waals surface area (Å²) in [4.78, 5) is 4.07. The molecule has 0 saturated heterocycles. The van der Waals surface area contributed by atoms with Crippen LogP contribution < -0.4 is 11.1 Å². The number of rotatable bonds is 2. The van der Waals surface area contributed by atoms with Gasteiger partial charge in [-0.15, -0.1) is 0 Å². The van der Waals surface area contributed by atoms with E-state index >= 15 is 0 Å². The zero-order chi connectivity index (χ0) is 13.2. The summed E-state index contributed by atoms with van der Waals surface area (Å²) in [6.07, 6.45) is 3.43. The summed E-state index contributed by atoms with van der Waals surface area (Å²) in [5, 5.41) is 5.03. The third-order valence-corrected chi connectivity index (χ3v) is 2.96. The molecule has 19 heavy (non-hydrogen) atoms. The van der Waals surface area contributed by atoms with Crippen molar-refractivity contribution in [2.24, 2.45) is 0 Å². The van der Waals surface area contributed by atoms with Crippen molar-refractivity contribution >= 4 is 27.8 Å². The monoisotopic (exact) mass is 253 g/mol. The molecule has 2 aromatic carbocycles. The highest BCUT2D eigenvalue weighted by Crippen LogP contribution is 2.29. The van der Waals surface area contributed by atoms with Crippen molar-refractivity contribution in [3.8, 4) is 0 Å². The summed E-state index contributed by atoms with van der Waals surface area (Å²) >= 11 is 0. The van der Waals surface area contributed by atoms with Crippen LogP contribution in [0.15, 0.2) is 54.9 Å². The van der Waals surface area contributed by atoms with E-state index in [1.807, 2.05) is 24.3 Å². The lowest BCUT2D eigenvalue weighted by Gasteiger charge is -2.11. The molecule has 94 valence electrons. The van der Waals surface area contributed by atoms with Crippen molar-refractivity contribution in [2.45, 2.75) is 0 Å². The number of aromatic nitrogens is 1. The topological polar surface area (TPSA) is 50.9 Å². The number of fused-ring (bicyclic) bond motifs is 1. The van der Waals surface area contributed by atoms with Crippen LogP contribution in [0.5, 0.6) is 0 Å². The van der Waals surface area contributed by atoms with Crippen LogP contribution in [0.25, 0.3) is 10.8 Å². The van der Waals surface area contributed by atoms with Gasteiger partial charge in [-0.3, -0.25) is 4.98 Å². The number of benzene rings is 2. The molecule has 0 amide bonds. The van der Waals surface area contributed by atoms with E-state index in [0.29, 0.717) is 11.4 Å². The van der Waals surface area contributed by atoms with E-state index in [-0.39, 0.29) is 5.82 Å². The first kappa shape index (κ1) is 11.5. The SMILES string of the molecule is Nc1ccc(Nc2cccc(F)c2)c2ccncc12. The Morgan fingerprint density at radius 2 is 1.95 bits per heavy atom. The van der Waals surface area contributed by atoms with Crippen LogP contribution in [0.1, 0.15) is 0 Å². The molecule has 0 spiro atoms. The largest absolute Gasteiger partial charge is 0.398 e. The molecule has 0 atom stereocenters. The van der Waals surface area contributed by atoms with Crippen LogP contribution in [0.2, 0.25) is 0 Å². The van der Waals surface area contributed by atoms with Crippen molar-refractivity contribution < 1.29 is 4.39 Å². The third-order valence-electron chi connectivity index (χ3n) is 2.96. The highest BCUT2D eigenvalue weighted by Gasteiger charge is 2.04. The van der Waals surface area contributed by atoms with E-state index in [2.05, 4.69) is 10.3 Å². The molecule has 0 aliphatic carbocycles. The molecular weight excluding hydrogens is 241 g/mol. The van der Waals surface area contributed by atoms with Gasteiger partial charge in [-0.2, -0.15) is 0 Å². The summed E-state index contributed by atoms with van der Waals surface area (Å²) in [6.45, 7) is 0. The van der Waals surface area contributed by atoms with Crippen molar-refractivity contribution in [2.75, 3.05) is 11.1 Å². The minimum atomic E-state index is -0.272. The summed E-state index contributed by atoms with van der Waals surface area (Å²) in [5.41, 5.74) is 8.16. The van der Waals surface area contributed by atoms with Gasteiger partial charge in [0.15, 0.2) is 0 Å². The molecule has 0 saturated carbocycles. The molecule has 3 rings (SSSR count). The lowest BCUT2D eigenvalue weighted by Crippen LogP contribution is -1.95. The maximum absolute atomic E-state index is 13.2. The fourth-order valence-corrected chi connectivity index (χ4v) is 2.04. The molecule has 3 aromatic rings. The standard InChI is InChI=1S/C15H12FN3/c16-10-2-1-3-11(8-10)19-15-5-4-14(17)13-9-18-7-6-12(13)15/h1-9,19H,17H2. The van der Waals surface area contributed by atoms with Crippen molar-refractivity contribution in [1.82, 2.24) is 4.98 Å². The van der Waals surface area contributed by atoms with E-state index in [0.717, 1.165) is 16.5 Å². The minimum Gasteiger partial charge on any atom is -0.398 e. The molecule has 0 aliphatic heterocycles. The summed E-state index contributed by atoms with van der Waals surface area (Å²) in [7, 11) is 0. The average molecular weight is 253 g/mol. The van der Waals surface area contributed by atoms with E-state index < -0.39 is 0 Å². The Morgan fingerprint density at radius 3 is 2.79 bits per heavy atom. The second-order valence-corrected chi connectivity index (χ2v) is 4.26. The second kappa shape index (κ2) is 4.57. The normalized spacial score (nSPS) is 10.6. The van der Waals surface area contributed by atoms with Crippen molar-refractivity contribution in [3.63, 3.8) is 0 Å². The zero-order valence-corrected chi connectivity index (χ0v) is 10.1. The lowest BCUT2D eigenvalue weighted by atomic mass is 10.1. The maximum Gasteiger partial charge on any atom is 0.125 e. The number of hydrogen-bond donors (Lipinski definition) is 2. The van der Waals surface area contributed by atoms with Crippen molar-refractivity contribution in [1.29, 1.82) is 0 Å². The number of nitrogens with zero attached hydrogens (tertiary/aromatic N) is 1. The van der Waals surface area contributed by atoms with E-state index in [1.54, 1.807) is 18.5 Å².